The monoisotopic (exact) mass is 306 g/mol. The number of hydrogen-bond acceptors (Lipinski definition) is 3. The van der Waals surface area contributed by atoms with Crippen molar-refractivity contribution in [2.45, 2.75) is 13.5 Å². The number of hydrogen-bond donors (Lipinski definition) is 0. The number of rotatable bonds is 5. The molecule has 0 amide bonds. The summed E-state index contributed by atoms with van der Waals surface area (Å²) in [6.45, 7) is 2.54. The summed E-state index contributed by atoms with van der Waals surface area (Å²) in [4.78, 5) is 12.2. The first-order chi connectivity index (χ1) is 11.1. The third kappa shape index (κ3) is 3.63. The number of aromatic nitrogens is 4. The van der Waals surface area contributed by atoms with Crippen molar-refractivity contribution in [2.75, 3.05) is 0 Å². The summed E-state index contributed by atoms with van der Waals surface area (Å²) in [5, 5.41) is 8.51. The van der Waals surface area contributed by atoms with E-state index in [2.05, 4.69) is 22.3 Å². The van der Waals surface area contributed by atoms with Gasteiger partial charge in [-0.3, -0.25) is 14.2 Å². The molecular formula is C18H18N4O. The fraction of sp³-hybridized carbons (Fsp3) is 0.167. The van der Waals surface area contributed by atoms with Gasteiger partial charge in [-0.05, 0) is 24.6 Å². The van der Waals surface area contributed by atoms with Gasteiger partial charge in [0.2, 0.25) is 0 Å². The Balaban J connectivity index is 1.69. The molecule has 0 aliphatic carbocycles. The Labute approximate surface area is 134 Å². The van der Waals surface area contributed by atoms with Crippen LogP contribution in [0.5, 0.6) is 0 Å². The topological polar surface area (TPSA) is 52.7 Å². The van der Waals surface area contributed by atoms with E-state index in [4.69, 9.17) is 0 Å². The van der Waals surface area contributed by atoms with E-state index in [1.807, 2.05) is 36.0 Å². The highest BCUT2D eigenvalue weighted by Gasteiger charge is 2.09. The molecule has 23 heavy (non-hydrogen) atoms. The zero-order valence-corrected chi connectivity index (χ0v) is 13.2. The summed E-state index contributed by atoms with van der Waals surface area (Å²) in [5.74, 6) is -0.0496. The molecule has 0 unspecified atom stereocenters. The van der Waals surface area contributed by atoms with Crippen LogP contribution >= 0.6 is 0 Å². The minimum Gasteiger partial charge on any atom is -0.289 e. The molecule has 5 heteroatoms. The normalized spacial score (nSPS) is 11.2. The van der Waals surface area contributed by atoms with Crippen LogP contribution in [0.15, 0.2) is 55.0 Å². The van der Waals surface area contributed by atoms with Crippen molar-refractivity contribution in [1.82, 2.24) is 19.6 Å². The third-order valence-electron chi connectivity index (χ3n) is 3.55. The van der Waals surface area contributed by atoms with E-state index >= 15 is 0 Å². The number of carbonyl (C=O) groups is 1. The van der Waals surface area contributed by atoms with Crippen molar-refractivity contribution < 1.29 is 4.79 Å². The van der Waals surface area contributed by atoms with Gasteiger partial charge < -0.3 is 0 Å². The summed E-state index contributed by atoms with van der Waals surface area (Å²) < 4.78 is 3.50. The number of aryl methyl sites for hydroxylation is 2. The van der Waals surface area contributed by atoms with Gasteiger partial charge in [-0.15, -0.1) is 0 Å². The van der Waals surface area contributed by atoms with Gasteiger partial charge in [0.15, 0.2) is 5.78 Å². The lowest BCUT2D eigenvalue weighted by atomic mass is 10.1. The summed E-state index contributed by atoms with van der Waals surface area (Å²) in [6, 6.07) is 10.1. The van der Waals surface area contributed by atoms with Gasteiger partial charge >= 0.3 is 0 Å². The first-order valence-corrected chi connectivity index (χ1v) is 7.41. The van der Waals surface area contributed by atoms with Crippen LogP contribution in [0, 0.1) is 6.92 Å². The van der Waals surface area contributed by atoms with Crippen LogP contribution in [-0.4, -0.2) is 25.3 Å². The molecule has 0 N–H and O–H groups in total. The number of ketones is 1. The van der Waals surface area contributed by atoms with Gasteiger partial charge in [0, 0.05) is 25.0 Å². The predicted octanol–water partition coefficient (Wildman–Crippen LogP) is 2.87. The molecular weight excluding hydrogens is 288 g/mol. The largest absolute Gasteiger partial charge is 0.289 e. The van der Waals surface area contributed by atoms with Crippen molar-refractivity contribution in [3.05, 3.63) is 77.4 Å². The van der Waals surface area contributed by atoms with Crippen LogP contribution in [0.3, 0.4) is 0 Å². The Morgan fingerprint density at radius 1 is 1.22 bits per heavy atom. The summed E-state index contributed by atoms with van der Waals surface area (Å²) in [7, 11) is 1.81. The molecule has 0 aliphatic rings. The quantitative estimate of drug-likeness (QED) is 0.538. The molecule has 0 saturated carbocycles. The molecule has 3 rings (SSSR count). The summed E-state index contributed by atoms with van der Waals surface area (Å²) in [6.07, 6.45) is 8.76. The molecule has 0 saturated heterocycles. The Hall–Kier alpha value is -2.95. The maximum atomic E-state index is 12.2. The first-order valence-electron chi connectivity index (χ1n) is 7.41. The molecule has 5 nitrogen and oxygen atoms in total. The zero-order chi connectivity index (χ0) is 16.2. The van der Waals surface area contributed by atoms with E-state index < -0.39 is 0 Å². The fourth-order valence-corrected chi connectivity index (χ4v) is 2.43. The van der Waals surface area contributed by atoms with Crippen molar-refractivity contribution in [3.63, 3.8) is 0 Å². The Kier molecular flexibility index (Phi) is 4.19. The number of benzene rings is 1. The van der Waals surface area contributed by atoms with Gasteiger partial charge in [-0.2, -0.15) is 10.2 Å². The third-order valence-corrected chi connectivity index (χ3v) is 3.55. The average molecular weight is 306 g/mol. The Morgan fingerprint density at radius 3 is 2.70 bits per heavy atom. The van der Waals surface area contributed by atoms with Crippen molar-refractivity contribution in [1.29, 1.82) is 0 Å². The lowest BCUT2D eigenvalue weighted by Crippen LogP contribution is -1.99. The standard InChI is InChI=1S/C18H18N4O/c1-14-17(13-21(2)20-14)18(23)9-8-16-10-19-22(12-16)11-15-6-4-3-5-7-15/h3-10,12-13H,11H2,1-2H3. The highest BCUT2D eigenvalue weighted by Crippen LogP contribution is 2.09. The van der Waals surface area contributed by atoms with E-state index in [0.717, 1.165) is 11.3 Å². The molecule has 0 spiro atoms. The second-order valence-electron chi connectivity index (χ2n) is 5.46. The summed E-state index contributed by atoms with van der Waals surface area (Å²) >= 11 is 0. The average Bonchev–Trinajstić information content (AvgIpc) is 3.12. The molecule has 116 valence electrons. The second-order valence-corrected chi connectivity index (χ2v) is 5.46. The van der Waals surface area contributed by atoms with Crippen molar-refractivity contribution >= 4 is 11.9 Å². The highest BCUT2D eigenvalue weighted by atomic mass is 16.1. The maximum Gasteiger partial charge on any atom is 0.189 e. The molecule has 0 fully saturated rings. The first kappa shape index (κ1) is 15.0. The van der Waals surface area contributed by atoms with Gasteiger partial charge in [0.1, 0.15) is 0 Å². The highest BCUT2D eigenvalue weighted by molar-refractivity contribution is 6.07. The lowest BCUT2D eigenvalue weighted by Gasteiger charge is -2.00. The molecule has 0 radical (unpaired) electrons. The van der Waals surface area contributed by atoms with Gasteiger partial charge in [-0.1, -0.05) is 30.3 Å². The van der Waals surface area contributed by atoms with E-state index in [9.17, 15) is 4.79 Å². The SMILES string of the molecule is Cc1nn(C)cc1C(=O)C=Cc1cnn(Cc2ccccc2)c1. The number of carbonyl (C=O) groups excluding carboxylic acids is 1. The second kappa shape index (κ2) is 6.44. The minimum atomic E-state index is -0.0496. The molecule has 0 bridgehead atoms. The van der Waals surface area contributed by atoms with Gasteiger partial charge in [0.25, 0.3) is 0 Å². The van der Waals surface area contributed by atoms with Crippen LogP contribution < -0.4 is 0 Å². The van der Waals surface area contributed by atoms with Gasteiger partial charge in [-0.25, -0.2) is 0 Å². The van der Waals surface area contributed by atoms with E-state index in [-0.39, 0.29) is 5.78 Å². The lowest BCUT2D eigenvalue weighted by molar-refractivity contribution is 0.104. The Morgan fingerprint density at radius 2 is 2.00 bits per heavy atom. The predicted molar refractivity (Wildman–Crippen MR) is 89.1 cm³/mol. The van der Waals surface area contributed by atoms with E-state index in [0.29, 0.717) is 12.1 Å². The molecule has 0 aliphatic heterocycles. The molecule has 1 aromatic carbocycles. The number of nitrogens with zero attached hydrogens (tertiary/aromatic N) is 4. The van der Waals surface area contributed by atoms with E-state index in [1.54, 1.807) is 36.3 Å². The molecule has 0 atom stereocenters. The van der Waals surface area contributed by atoms with Crippen LogP contribution in [-0.2, 0) is 13.6 Å². The molecule has 2 heterocycles. The van der Waals surface area contributed by atoms with Crippen LogP contribution in [0.25, 0.3) is 6.08 Å². The van der Waals surface area contributed by atoms with Crippen LogP contribution in [0.1, 0.15) is 27.2 Å². The van der Waals surface area contributed by atoms with Crippen LogP contribution in [0.2, 0.25) is 0 Å². The molecule has 3 aromatic rings. The van der Waals surface area contributed by atoms with Crippen LogP contribution in [0.4, 0.5) is 0 Å². The zero-order valence-electron chi connectivity index (χ0n) is 13.2. The van der Waals surface area contributed by atoms with Crippen molar-refractivity contribution in [2.24, 2.45) is 7.05 Å². The number of allylic oxidation sites excluding steroid dienone is 1. The summed E-state index contributed by atoms with van der Waals surface area (Å²) in [5.41, 5.74) is 3.45. The smallest absolute Gasteiger partial charge is 0.189 e. The van der Waals surface area contributed by atoms with Crippen molar-refractivity contribution in [3.8, 4) is 0 Å². The van der Waals surface area contributed by atoms with E-state index in [1.165, 1.54) is 5.56 Å². The fourth-order valence-electron chi connectivity index (χ4n) is 2.43. The maximum absolute atomic E-state index is 12.2. The Bertz CT molecular complexity index is 843. The van der Waals surface area contributed by atoms with Gasteiger partial charge in [0.05, 0.1) is 24.0 Å². The minimum absolute atomic E-state index is 0.0496. The molecule has 2 aromatic heterocycles.